The predicted octanol–water partition coefficient (Wildman–Crippen LogP) is 18.6. The number of amides is 1. The van der Waals surface area contributed by atoms with E-state index in [0.717, 1.165) is 89.9 Å². The van der Waals surface area contributed by atoms with Gasteiger partial charge in [-0.2, -0.15) is 0 Å². The monoisotopic (exact) mass is 954 g/mol. The Labute approximate surface area is 423 Å². The highest BCUT2D eigenvalue weighted by Gasteiger charge is 2.24. The van der Waals surface area contributed by atoms with Crippen molar-refractivity contribution in [2.75, 3.05) is 6.61 Å². The lowest BCUT2D eigenvalue weighted by molar-refractivity contribution is -0.151. The maximum absolute atomic E-state index is 13.3. The highest BCUT2D eigenvalue weighted by atomic mass is 16.5. The Bertz CT molecular complexity index is 1160. The van der Waals surface area contributed by atoms with Crippen molar-refractivity contribution in [2.24, 2.45) is 0 Å². The van der Waals surface area contributed by atoms with Crippen molar-refractivity contribution in [3.05, 3.63) is 48.6 Å². The van der Waals surface area contributed by atoms with E-state index in [0.29, 0.717) is 19.3 Å². The van der Waals surface area contributed by atoms with Gasteiger partial charge in [-0.05, 0) is 89.9 Å². The van der Waals surface area contributed by atoms with E-state index in [9.17, 15) is 19.8 Å². The molecule has 6 heteroatoms. The minimum absolute atomic E-state index is 0.0642. The molecule has 6 nitrogen and oxygen atoms in total. The van der Waals surface area contributed by atoms with E-state index in [1.165, 1.54) is 173 Å². The zero-order valence-corrected chi connectivity index (χ0v) is 45.5. The molecule has 0 aromatic rings. The molecule has 68 heavy (non-hydrogen) atoms. The second kappa shape index (κ2) is 55.7. The topological polar surface area (TPSA) is 95.9 Å². The summed E-state index contributed by atoms with van der Waals surface area (Å²) in [5.41, 5.74) is 0. The Kier molecular flexibility index (Phi) is 54.0. The van der Waals surface area contributed by atoms with Crippen LogP contribution in [0, 0.1) is 0 Å². The van der Waals surface area contributed by atoms with Crippen LogP contribution in [0.3, 0.4) is 0 Å². The Morgan fingerprint density at radius 3 is 1.18 bits per heavy atom. The predicted molar refractivity (Wildman–Crippen MR) is 296 cm³/mol. The van der Waals surface area contributed by atoms with E-state index in [1.807, 2.05) is 0 Å². The van der Waals surface area contributed by atoms with Gasteiger partial charge in [0.15, 0.2) is 0 Å². The Morgan fingerprint density at radius 2 is 0.750 bits per heavy atom. The van der Waals surface area contributed by atoms with Crippen LogP contribution in [0.5, 0.6) is 0 Å². The van der Waals surface area contributed by atoms with Crippen molar-refractivity contribution in [2.45, 2.75) is 328 Å². The second-order valence-corrected chi connectivity index (χ2v) is 20.4. The number of rotatable bonds is 54. The molecule has 398 valence electrons. The molecular formula is C62H115NO5. The molecular weight excluding hydrogens is 839 g/mol. The molecule has 0 spiro atoms. The SMILES string of the molecule is CCCCC/C=C\C/C=C\C/C=C\CCCCCCC(=O)OC(CCCCCCC/C=C/CCCCCCCC)CC(=O)NC(CO)C(O)CCCCCCCCCCCCCCCCCCC. The molecule has 0 fully saturated rings. The first-order valence-electron chi connectivity index (χ1n) is 29.9. The van der Waals surface area contributed by atoms with E-state index >= 15 is 0 Å². The van der Waals surface area contributed by atoms with Crippen LogP contribution < -0.4 is 5.32 Å². The van der Waals surface area contributed by atoms with Gasteiger partial charge >= 0.3 is 5.97 Å². The number of aliphatic hydroxyl groups excluding tert-OH is 2. The maximum Gasteiger partial charge on any atom is 0.306 e. The number of carbonyl (C=O) groups excluding carboxylic acids is 2. The second-order valence-electron chi connectivity index (χ2n) is 20.4. The zero-order chi connectivity index (χ0) is 49.5. The first-order chi connectivity index (χ1) is 33.5. The molecule has 0 saturated carbocycles. The largest absolute Gasteiger partial charge is 0.462 e. The summed E-state index contributed by atoms with van der Waals surface area (Å²) >= 11 is 0. The minimum Gasteiger partial charge on any atom is -0.462 e. The van der Waals surface area contributed by atoms with Gasteiger partial charge in [0.1, 0.15) is 6.10 Å². The van der Waals surface area contributed by atoms with Crippen LogP contribution in [0.2, 0.25) is 0 Å². The van der Waals surface area contributed by atoms with Gasteiger partial charge < -0.3 is 20.3 Å². The smallest absolute Gasteiger partial charge is 0.306 e. The molecule has 3 atom stereocenters. The third-order valence-corrected chi connectivity index (χ3v) is 13.6. The number of hydrogen-bond donors (Lipinski definition) is 3. The standard InChI is InChI=1S/C62H115NO5/c1-4-7-10-13-16-19-22-25-28-30-33-36-39-42-45-48-51-54-60(65)59(57-64)63-61(66)56-58(53-50-47-44-41-38-35-32-27-24-21-18-15-12-9-6-3)68-62(67)55-52-49-46-43-40-37-34-31-29-26-23-20-17-14-11-8-5-2/h17,20,26-27,29,32,34,37,58-60,64-65H,4-16,18-19,21-25,28,30-31,33,35-36,38-57H2,1-3H3,(H,63,66)/b20-17-,29-26-,32-27+,37-34-. The molecule has 0 aromatic heterocycles. The molecule has 0 saturated heterocycles. The highest BCUT2D eigenvalue weighted by molar-refractivity contribution is 5.77. The average molecular weight is 955 g/mol. The highest BCUT2D eigenvalue weighted by Crippen LogP contribution is 2.18. The average Bonchev–Trinajstić information content (AvgIpc) is 3.33. The van der Waals surface area contributed by atoms with Gasteiger partial charge in [-0.3, -0.25) is 9.59 Å². The molecule has 0 aliphatic carbocycles. The summed E-state index contributed by atoms with van der Waals surface area (Å²) in [7, 11) is 0. The van der Waals surface area contributed by atoms with Crippen molar-refractivity contribution >= 4 is 11.9 Å². The summed E-state index contributed by atoms with van der Waals surface area (Å²) in [5, 5.41) is 23.9. The van der Waals surface area contributed by atoms with E-state index < -0.39 is 18.2 Å². The lowest BCUT2D eigenvalue weighted by Gasteiger charge is -2.24. The first-order valence-corrected chi connectivity index (χ1v) is 29.9. The van der Waals surface area contributed by atoms with Crippen LogP contribution in [-0.4, -0.2) is 46.9 Å². The van der Waals surface area contributed by atoms with E-state index in [1.54, 1.807) is 0 Å². The molecule has 0 heterocycles. The number of allylic oxidation sites excluding steroid dienone is 8. The molecule has 0 rings (SSSR count). The summed E-state index contributed by atoms with van der Waals surface area (Å²) < 4.78 is 5.96. The van der Waals surface area contributed by atoms with Crippen LogP contribution in [-0.2, 0) is 14.3 Å². The van der Waals surface area contributed by atoms with Crippen molar-refractivity contribution in [3.63, 3.8) is 0 Å². The number of unbranched alkanes of at least 4 members (excludes halogenated alkanes) is 34. The molecule has 0 radical (unpaired) electrons. The lowest BCUT2D eigenvalue weighted by Crippen LogP contribution is -2.46. The third-order valence-electron chi connectivity index (χ3n) is 13.6. The van der Waals surface area contributed by atoms with Gasteiger partial charge in [0.25, 0.3) is 0 Å². The summed E-state index contributed by atoms with van der Waals surface area (Å²) in [6, 6.07) is -0.710. The number of aliphatic hydroxyl groups is 2. The number of carbonyl (C=O) groups is 2. The van der Waals surface area contributed by atoms with Crippen molar-refractivity contribution in [1.29, 1.82) is 0 Å². The normalized spacial score (nSPS) is 13.4. The summed E-state index contributed by atoms with van der Waals surface area (Å²) in [6.45, 7) is 6.48. The molecule has 1 amide bonds. The number of ether oxygens (including phenoxy) is 1. The Balaban J connectivity index is 4.57. The van der Waals surface area contributed by atoms with Crippen molar-refractivity contribution in [1.82, 2.24) is 5.32 Å². The maximum atomic E-state index is 13.3. The van der Waals surface area contributed by atoms with Crippen LogP contribution in [0.1, 0.15) is 310 Å². The molecule has 3 unspecified atom stereocenters. The van der Waals surface area contributed by atoms with Crippen LogP contribution >= 0.6 is 0 Å². The van der Waals surface area contributed by atoms with Gasteiger partial charge in [-0.15, -0.1) is 0 Å². The third kappa shape index (κ3) is 50.2. The van der Waals surface area contributed by atoms with E-state index in [2.05, 4.69) is 74.7 Å². The minimum atomic E-state index is -0.795. The van der Waals surface area contributed by atoms with Gasteiger partial charge in [0, 0.05) is 6.42 Å². The van der Waals surface area contributed by atoms with Gasteiger partial charge in [0.05, 0.1) is 25.2 Å². The molecule has 0 aliphatic heterocycles. The molecule has 0 aliphatic rings. The van der Waals surface area contributed by atoms with E-state index in [-0.39, 0.29) is 24.9 Å². The van der Waals surface area contributed by atoms with Crippen molar-refractivity contribution < 1.29 is 24.5 Å². The number of nitrogens with one attached hydrogen (secondary N) is 1. The first kappa shape index (κ1) is 65.8. The van der Waals surface area contributed by atoms with E-state index in [4.69, 9.17) is 4.74 Å². The van der Waals surface area contributed by atoms with Crippen LogP contribution in [0.25, 0.3) is 0 Å². The molecule has 0 bridgehead atoms. The van der Waals surface area contributed by atoms with Crippen LogP contribution in [0.4, 0.5) is 0 Å². The Hall–Kier alpha value is -2.18. The zero-order valence-electron chi connectivity index (χ0n) is 45.5. The van der Waals surface area contributed by atoms with Crippen LogP contribution in [0.15, 0.2) is 48.6 Å². The fourth-order valence-electron chi connectivity index (χ4n) is 9.08. The van der Waals surface area contributed by atoms with Gasteiger partial charge in [-0.1, -0.05) is 256 Å². The van der Waals surface area contributed by atoms with Crippen molar-refractivity contribution in [3.8, 4) is 0 Å². The van der Waals surface area contributed by atoms with Gasteiger partial charge in [0.2, 0.25) is 5.91 Å². The summed E-state index contributed by atoms with van der Waals surface area (Å²) in [4.78, 5) is 26.3. The summed E-state index contributed by atoms with van der Waals surface area (Å²) in [5.74, 6) is -0.496. The number of hydrogen-bond acceptors (Lipinski definition) is 5. The molecule has 3 N–H and O–H groups in total. The Morgan fingerprint density at radius 1 is 0.426 bits per heavy atom. The fraction of sp³-hybridized carbons (Fsp3) is 0.839. The van der Waals surface area contributed by atoms with Gasteiger partial charge in [-0.25, -0.2) is 0 Å². The fourth-order valence-corrected chi connectivity index (χ4v) is 9.08. The quantitative estimate of drug-likeness (QED) is 0.0321. The number of esters is 1. The summed E-state index contributed by atoms with van der Waals surface area (Å²) in [6.07, 6.45) is 68.9. The lowest BCUT2D eigenvalue weighted by atomic mass is 10.0. The molecule has 0 aromatic carbocycles.